The molecule has 3 N–H and O–H groups in total. The van der Waals surface area contributed by atoms with E-state index in [1.165, 1.54) is 11.1 Å². The molecule has 6 aliphatic rings. The summed E-state index contributed by atoms with van der Waals surface area (Å²) in [6.07, 6.45) is 9.51. The Kier molecular flexibility index (Phi) is 9.66. The second-order valence-electron chi connectivity index (χ2n) is 20.2. The summed E-state index contributed by atoms with van der Waals surface area (Å²) in [7, 11) is 2.13. The van der Waals surface area contributed by atoms with Crippen LogP contribution in [0.4, 0.5) is 4.79 Å². The van der Waals surface area contributed by atoms with E-state index in [1.54, 1.807) is 13.8 Å². The summed E-state index contributed by atoms with van der Waals surface area (Å²) in [5.41, 5.74) is 0.696. The number of allylic oxidation sites excluding steroid dienone is 1. The van der Waals surface area contributed by atoms with E-state index in [2.05, 4.69) is 71.0 Å². The number of ether oxygens (including phenoxy) is 1. The summed E-state index contributed by atoms with van der Waals surface area (Å²) >= 11 is 0. The number of ketones is 1. The van der Waals surface area contributed by atoms with Crippen LogP contribution in [0.25, 0.3) is 0 Å². The Labute approximate surface area is 306 Å². The van der Waals surface area contributed by atoms with Crippen LogP contribution in [0.1, 0.15) is 139 Å². The molecule has 1 saturated heterocycles. The van der Waals surface area contributed by atoms with Crippen LogP contribution < -0.4 is 10.6 Å². The Balaban J connectivity index is 1.28. The van der Waals surface area contributed by atoms with E-state index in [4.69, 9.17) is 4.74 Å². The van der Waals surface area contributed by atoms with E-state index in [0.29, 0.717) is 18.3 Å². The summed E-state index contributed by atoms with van der Waals surface area (Å²) < 4.78 is 6.16. The zero-order valence-corrected chi connectivity index (χ0v) is 33.3. The van der Waals surface area contributed by atoms with Crippen LogP contribution >= 0.6 is 0 Å². The lowest BCUT2D eigenvalue weighted by Crippen LogP contribution is -2.65. The molecule has 0 spiro atoms. The van der Waals surface area contributed by atoms with Gasteiger partial charge in [-0.1, -0.05) is 54.0 Å². The lowest BCUT2D eigenvalue weighted by atomic mass is 9.34. The summed E-state index contributed by atoms with van der Waals surface area (Å²) in [4.78, 5) is 54.8. The Morgan fingerprint density at radius 2 is 1.61 bits per heavy atom. The molecule has 0 bridgehead atoms. The van der Waals surface area contributed by atoms with Gasteiger partial charge in [-0.3, -0.25) is 14.4 Å². The van der Waals surface area contributed by atoms with Crippen molar-refractivity contribution in [2.24, 2.45) is 50.7 Å². The van der Waals surface area contributed by atoms with Gasteiger partial charge in [0.05, 0.1) is 17.4 Å². The van der Waals surface area contributed by atoms with E-state index in [-0.39, 0.29) is 63.9 Å². The number of carboxylic acids is 1. The normalized spacial score (nSPS) is 39.8. The molecule has 5 fully saturated rings. The number of nitrogens with zero attached hydrogens (tertiary/aromatic N) is 1. The van der Waals surface area contributed by atoms with Crippen molar-refractivity contribution in [3.05, 3.63) is 11.1 Å². The van der Waals surface area contributed by atoms with Gasteiger partial charge >= 0.3 is 18.0 Å². The molecule has 8 atom stereocenters. The second-order valence-corrected chi connectivity index (χ2v) is 20.2. The topological polar surface area (TPSA) is 125 Å². The number of carbonyl (C=O) groups excluding carboxylic acids is 3. The lowest BCUT2D eigenvalue weighted by molar-refractivity contribution is -0.214. The molecule has 2 amide bonds. The highest BCUT2D eigenvalue weighted by Crippen LogP contribution is 2.75. The molecule has 1 aliphatic heterocycles. The van der Waals surface area contributed by atoms with Gasteiger partial charge in [-0.15, -0.1) is 0 Å². The van der Waals surface area contributed by atoms with Crippen molar-refractivity contribution in [3.63, 3.8) is 0 Å². The molecule has 4 saturated carbocycles. The largest absolute Gasteiger partial charge is 0.481 e. The SMILES string of the molecule is CC(C)C1C(=O)C[C@]2(NC(=O)NC3CCN(C)CC3)CC[C@]3(C)C(=C12)CCC1[C@@]2(C)CC[C@H](OC(=O)CC(C)(C)C(=O)O)C(C)(C)C2CC[C@]13C. The Hall–Kier alpha value is -2.42. The number of likely N-dealkylation sites (tertiary alicyclic amines) is 1. The first-order valence-corrected chi connectivity index (χ1v) is 20.1. The molecule has 9 nitrogen and oxygen atoms in total. The van der Waals surface area contributed by atoms with Crippen LogP contribution in [-0.2, 0) is 19.1 Å². The highest BCUT2D eigenvalue weighted by Gasteiger charge is 2.69. The minimum Gasteiger partial charge on any atom is -0.481 e. The summed E-state index contributed by atoms with van der Waals surface area (Å²) in [5, 5.41) is 16.4. The average Bonchev–Trinajstić information content (AvgIpc) is 3.31. The van der Waals surface area contributed by atoms with Crippen molar-refractivity contribution < 1.29 is 29.0 Å². The zero-order chi connectivity index (χ0) is 37.5. The minimum absolute atomic E-state index is 0.0274. The minimum atomic E-state index is -1.16. The number of aliphatic carboxylic acids is 1. The number of rotatable bonds is 7. The van der Waals surface area contributed by atoms with E-state index in [1.807, 2.05) is 0 Å². The van der Waals surface area contributed by atoms with E-state index in [0.717, 1.165) is 77.3 Å². The third-order valence-electron chi connectivity index (χ3n) is 16.1. The number of hydrogen-bond acceptors (Lipinski definition) is 6. The molecule has 1 heterocycles. The first kappa shape index (κ1) is 38.3. The first-order valence-electron chi connectivity index (χ1n) is 20.1. The Morgan fingerprint density at radius 3 is 2.24 bits per heavy atom. The van der Waals surface area contributed by atoms with Gasteiger partial charge in [0, 0.05) is 23.8 Å². The number of Topliss-reactive ketones (excluding diaryl/α,β-unsaturated/α-hetero) is 1. The molecule has 0 aromatic rings. The third kappa shape index (κ3) is 6.07. The van der Waals surface area contributed by atoms with Gasteiger partial charge in [-0.25, -0.2) is 4.79 Å². The van der Waals surface area contributed by atoms with Crippen LogP contribution in [0.5, 0.6) is 0 Å². The summed E-state index contributed by atoms with van der Waals surface area (Å²) in [6, 6.07) is 0.0351. The van der Waals surface area contributed by atoms with Gasteiger partial charge in [0.15, 0.2) is 0 Å². The van der Waals surface area contributed by atoms with Crippen molar-refractivity contribution in [3.8, 4) is 0 Å². The molecule has 51 heavy (non-hydrogen) atoms. The number of carboxylic acid groups (broad SMARTS) is 1. The molecule has 9 heteroatoms. The molecule has 0 radical (unpaired) electrons. The fraction of sp³-hybridized carbons (Fsp3) is 0.857. The highest BCUT2D eigenvalue weighted by atomic mass is 16.5. The number of piperidine rings is 1. The summed E-state index contributed by atoms with van der Waals surface area (Å²) in [5.74, 6) is -0.286. The van der Waals surface area contributed by atoms with E-state index < -0.39 is 22.9 Å². The maximum absolute atomic E-state index is 14.0. The van der Waals surface area contributed by atoms with Gasteiger partial charge in [0.1, 0.15) is 11.9 Å². The summed E-state index contributed by atoms with van der Waals surface area (Å²) in [6.45, 7) is 21.5. The monoisotopic (exact) mass is 710 g/mol. The quantitative estimate of drug-likeness (QED) is 0.184. The van der Waals surface area contributed by atoms with Crippen LogP contribution in [0.3, 0.4) is 0 Å². The van der Waals surface area contributed by atoms with Gasteiger partial charge in [-0.2, -0.15) is 0 Å². The van der Waals surface area contributed by atoms with Crippen molar-refractivity contribution in [1.29, 1.82) is 0 Å². The number of amides is 2. The van der Waals surface area contributed by atoms with Crippen molar-refractivity contribution in [1.82, 2.24) is 15.5 Å². The maximum atomic E-state index is 14.0. The van der Waals surface area contributed by atoms with Gasteiger partial charge < -0.3 is 25.4 Å². The number of nitrogens with one attached hydrogen (secondary N) is 2. The molecular weight excluding hydrogens is 642 g/mol. The lowest BCUT2D eigenvalue weighted by Gasteiger charge is -2.70. The van der Waals surface area contributed by atoms with E-state index in [9.17, 15) is 24.3 Å². The number of esters is 1. The van der Waals surface area contributed by atoms with Crippen molar-refractivity contribution in [2.45, 2.75) is 157 Å². The van der Waals surface area contributed by atoms with Gasteiger partial charge in [-0.05, 0) is 138 Å². The average molecular weight is 710 g/mol. The number of urea groups is 1. The van der Waals surface area contributed by atoms with Crippen molar-refractivity contribution in [2.75, 3.05) is 20.1 Å². The fourth-order valence-corrected chi connectivity index (χ4v) is 13.1. The predicted octanol–water partition coefficient (Wildman–Crippen LogP) is 7.53. The third-order valence-corrected chi connectivity index (χ3v) is 16.1. The van der Waals surface area contributed by atoms with Crippen LogP contribution in [-0.4, -0.2) is 71.6 Å². The highest BCUT2D eigenvalue weighted by molar-refractivity contribution is 5.92. The van der Waals surface area contributed by atoms with Crippen LogP contribution in [0.15, 0.2) is 11.1 Å². The Morgan fingerprint density at radius 1 is 0.941 bits per heavy atom. The standard InChI is InChI=1S/C42H67N3O6/c1-25(2)33-28(46)23-42(44-36(50)43-26-15-21-45(10)22-16-26)20-19-40(8)27(34(33)42)11-12-30-39(7)17-14-31(51-32(47)24-37(3,4)35(48)49)38(5,6)29(39)13-18-41(30,40)9/h25-26,29-31,33H,11-24H2,1-10H3,(H,48,49)(H2,43,44,50)/t29?,30?,31-,33?,39-,40+,41+,42+/m0/s1. The van der Waals surface area contributed by atoms with Crippen LogP contribution in [0.2, 0.25) is 0 Å². The van der Waals surface area contributed by atoms with E-state index >= 15 is 0 Å². The predicted molar refractivity (Wildman–Crippen MR) is 198 cm³/mol. The Bertz CT molecular complexity index is 1480. The van der Waals surface area contributed by atoms with Gasteiger partial charge in [0.25, 0.3) is 0 Å². The molecule has 286 valence electrons. The fourth-order valence-electron chi connectivity index (χ4n) is 13.1. The smallest absolute Gasteiger partial charge is 0.315 e. The molecule has 3 unspecified atom stereocenters. The first-order chi connectivity index (χ1) is 23.6. The number of fused-ring (bicyclic) bond motifs is 6. The molecular formula is C42H67N3O6. The zero-order valence-electron chi connectivity index (χ0n) is 33.3. The second kappa shape index (κ2) is 12.9. The molecule has 0 aromatic heterocycles. The molecule has 6 rings (SSSR count). The van der Waals surface area contributed by atoms with Gasteiger partial charge in [0.2, 0.25) is 0 Å². The maximum Gasteiger partial charge on any atom is 0.315 e. The van der Waals surface area contributed by atoms with Crippen molar-refractivity contribution >= 4 is 23.8 Å². The molecule has 5 aliphatic carbocycles. The number of carbonyl (C=O) groups is 4. The number of hydrogen-bond donors (Lipinski definition) is 3. The molecule has 0 aromatic carbocycles. The van der Waals surface area contributed by atoms with Crippen LogP contribution in [0, 0.1) is 50.7 Å².